The number of carbonyl (C=O) groups is 1. The number of carbonyl (C=O) groups excluding carboxylic acids is 1. The van der Waals surface area contributed by atoms with Crippen LogP contribution in [0.2, 0.25) is 0 Å². The summed E-state index contributed by atoms with van der Waals surface area (Å²) < 4.78 is 13.1. The summed E-state index contributed by atoms with van der Waals surface area (Å²) in [7, 11) is 3.88. The summed E-state index contributed by atoms with van der Waals surface area (Å²) in [4.78, 5) is 14.3. The predicted octanol–water partition coefficient (Wildman–Crippen LogP) is 3.48. The fourth-order valence-electron chi connectivity index (χ4n) is 2.46. The van der Waals surface area contributed by atoms with Crippen molar-refractivity contribution in [3.8, 4) is 0 Å². The van der Waals surface area contributed by atoms with Crippen molar-refractivity contribution in [1.29, 1.82) is 0 Å². The minimum Gasteiger partial charge on any atom is -0.350 e. The molecule has 3 nitrogen and oxygen atoms in total. The van der Waals surface area contributed by atoms with E-state index in [1.807, 2.05) is 51.0 Å². The highest BCUT2D eigenvalue weighted by molar-refractivity contribution is 5.94. The number of hydrogen-bond donors (Lipinski definition) is 1. The van der Waals surface area contributed by atoms with Gasteiger partial charge < -0.3 is 10.2 Å². The highest BCUT2D eigenvalue weighted by Gasteiger charge is 2.16. The molecule has 0 spiro atoms. The molecule has 1 unspecified atom stereocenters. The molecule has 0 aliphatic heterocycles. The highest BCUT2D eigenvalue weighted by Crippen LogP contribution is 2.18. The Morgan fingerprint density at radius 1 is 1.09 bits per heavy atom. The average molecular weight is 314 g/mol. The number of amides is 1. The first-order valence-electron chi connectivity index (χ1n) is 7.66. The van der Waals surface area contributed by atoms with Crippen LogP contribution in [0.15, 0.2) is 42.5 Å². The molecule has 0 saturated carbocycles. The lowest BCUT2D eigenvalue weighted by atomic mass is 10.0. The highest BCUT2D eigenvalue weighted by atomic mass is 19.1. The zero-order valence-corrected chi connectivity index (χ0v) is 14.1. The van der Waals surface area contributed by atoms with Crippen LogP contribution in [0, 0.1) is 19.7 Å². The van der Waals surface area contributed by atoms with E-state index in [-0.39, 0.29) is 17.8 Å². The molecule has 2 aromatic rings. The standard InChI is InChI=1S/C19H23FN2O/c1-13-5-6-16(11-14(13)2)19(23)21-12-18(22(3)4)15-7-9-17(20)10-8-15/h5-11,18H,12H2,1-4H3,(H,21,23). The van der Waals surface area contributed by atoms with Crippen LogP contribution in [0.25, 0.3) is 0 Å². The van der Waals surface area contributed by atoms with Gasteiger partial charge in [0.25, 0.3) is 5.91 Å². The van der Waals surface area contributed by atoms with Crippen LogP contribution in [0.1, 0.15) is 33.1 Å². The van der Waals surface area contributed by atoms with Gasteiger partial charge in [0.2, 0.25) is 0 Å². The van der Waals surface area contributed by atoms with E-state index in [0.29, 0.717) is 12.1 Å². The second-order valence-electron chi connectivity index (χ2n) is 6.04. The molecule has 2 aromatic carbocycles. The first-order valence-corrected chi connectivity index (χ1v) is 7.66. The molecule has 0 aliphatic rings. The van der Waals surface area contributed by atoms with Gasteiger partial charge in [0.15, 0.2) is 0 Å². The SMILES string of the molecule is Cc1ccc(C(=O)NCC(c2ccc(F)cc2)N(C)C)cc1C. The summed E-state index contributed by atoms with van der Waals surface area (Å²) in [5, 5.41) is 2.97. The molecule has 0 heterocycles. The fraction of sp³-hybridized carbons (Fsp3) is 0.316. The molecule has 0 aromatic heterocycles. The van der Waals surface area contributed by atoms with Gasteiger partial charge in [-0.2, -0.15) is 0 Å². The smallest absolute Gasteiger partial charge is 0.251 e. The van der Waals surface area contributed by atoms with E-state index in [0.717, 1.165) is 11.1 Å². The summed E-state index contributed by atoms with van der Waals surface area (Å²) >= 11 is 0. The molecule has 1 N–H and O–H groups in total. The van der Waals surface area contributed by atoms with Crippen LogP contribution in [0.5, 0.6) is 0 Å². The van der Waals surface area contributed by atoms with E-state index >= 15 is 0 Å². The molecule has 122 valence electrons. The quantitative estimate of drug-likeness (QED) is 0.916. The molecule has 1 amide bonds. The van der Waals surface area contributed by atoms with Crippen molar-refractivity contribution < 1.29 is 9.18 Å². The number of benzene rings is 2. The number of hydrogen-bond acceptors (Lipinski definition) is 2. The summed E-state index contributed by atoms with van der Waals surface area (Å²) in [5.41, 5.74) is 3.89. The predicted molar refractivity (Wildman–Crippen MR) is 91.1 cm³/mol. The van der Waals surface area contributed by atoms with Gasteiger partial charge in [-0.1, -0.05) is 18.2 Å². The zero-order chi connectivity index (χ0) is 17.0. The molecule has 2 rings (SSSR count). The summed E-state index contributed by atoms with van der Waals surface area (Å²) in [6.45, 7) is 4.48. The third-order valence-electron chi connectivity index (χ3n) is 4.10. The molecule has 0 radical (unpaired) electrons. The van der Waals surface area contributed by atoms with Crippen LogP contribution in [-0.2, 0) is 0 Å². The third kappa shape index (κ3) is 4.39. The number of nitrogens with zero attached hydrogens (tertiary/aromatic N) is 1. The second kappa shape index (κ2) is 7.38. The Morgan fingerprint density at radius 2 is 1.74 bits per heavy atom. The number of aryl methyl sites for hydroxylation is 2. The van der Waals surface area contributed by atoms with Gasteiger partial charge >= 0.3 is 0 Å². The maximum absolute atomic E-state index is 13.1. The number of nitrogens with one attached hydrogen (secondary N) is 1. The molecular formula is C19H23FN2O. The molecule has 0 fully saturated rings. The van der Waals surface area contributed by atoms with Crippen molar-refractivity contribution in [2.45, 2.75) is 19.9 Å². The lowest BCUT2D eigenvalue weighted by Crippen LogP contribution is -2.34. The van der Waals surface area contributed by atoms with Crippen LogP contribution < -0.4 is 5.32 Å². The largest absolute Gasteiger partial charge is 0.350 e. The minimum atomic E-state index is -0.259. The first-order chi connectivity index (χ1) is 10.9. The Hall–Kier alpha value is -2.20. The van der Waals surface area contributed by atoms with Gasteiger partial charge in [0, 0.05) is 12.1 Å². The lowest BCUT2D eigenvalue weighted by Gasteiger charge is -2.25. The van der Waals surface area contributed by atoms with Crippen LogP contribution in [0.3, 0.4) is 0 Å². The van der Waals surface area contributed by atoms with Crippen molar-refractivity contribution >= 4 is 5.91 Å². The Kier molecular flexibility index (Phi) is 5.50. The third-order valence-corrected chi connectivity index (χ3v) is 4.10. The number of rotatable bonds is 5. The maximum atomic E-state index is 13.1. The van der Waals surface area contributed by atoms with Crippen molar-refractivity contribution in [1.82, 2.24) is 10.2 Å². The molecule has 23 heavy (non-hydrogen) atoms. The first kappa shape index (κ1) is 17.2. The van der Waals surface area contributed by atoms with E-state index < -0.39 is 0 Å². The van der Waals surface area contributed by atoms with Crippen molar-refractivity contribution in [3.05, 3.63) is 70.5 Å². The Bertz CT molecular complexity index is 680. The molecule has 4 heteroatoms. The van der Waals surface area contributed by atoms with Crippen LogP contribution in [-0.4, -0.2) is 31.4 Å². The van der Waals surface area contributed by atoms with E-state index in [2.05, 4.69) is 5.32 Å². The van der Waals surface area contributed by atoms with E-state index in [4.69, 9.17) is 0 Å². The van der Waals surface area contributed by atoms with Gasteiger partial charge in [-0.25, -0.2) is 4.39 Å². The minimum absolute atomic E-state index is 0.00825. The Balaban J connectivity index is 2.07. The van der Waals surface area contributed by atoms with Crippen LogP contribution >= 0.6 is 0 Å². The van der Waals surface area contributed by atoms with Crippen molar-refractivity contribution in [2.24, 2.45) is 0 Å². The average Bonchev–Trinajstić information content (AvgIpc) is 2.51. The van der Waals surface area contributed by atoms with E-state index in [9.17, 15) is 9.18 Å². The van der Waals surface area contributed by atoms with Gasteiger partial charge in [0.05, 0.1) is 6.04 Å². The maximum Gasteiger partial charge on any atom is 0.251 e. The molecule has 0 saturated heterocycles. The van der Waals surface area contributed by atoms with Gasteiger partial charge in [-0.05, 0) is 68.9 Å². The van der Waals surface area contributed by atoms with Gasteiger partial charge in [-0.3, -0.25) is 4.79 Å². The Labute approximate surface area is 137 Å². The second-order valence-corrected chi connectivity index (χ2v) is 6.04. The van der Waals surface area contributed by atoms with Gasteiger partial charge in [0.1, 0.15) is 5.82 Å². The number of likely N-dealkylation sites (N-methyl/N-ethyl adjacent to an activating group) is 1. The Morgan fingerprint density at radius 3 is 2.30 bits per heavy atom. The molecule has 0 bridgehead atoms. The summed E-state index contributed by atoms with van der Waals surface area (Å²) in [6, 6.07) is 12.1. The van der Waals surface area contributed by atoms with Crippen LogP contribution in [0.4, 0.5) is 4.39 Å². The molecule has 0 aliphatic carbocycles. The number of halogens is 1. The molecular weight excluding hydrogens is 291 g/mol. The normalized spacial score (nSPS) is 12.3. The van der Waals surface area contributed by atoms with Crippen molar-refractivity contribution in [2.75, 3.05) is 20.6 Å². The van der Waals surface area contributed by atoms with E-state index in [1.54, 1.807) is 12.1 Å². The topological polar surface area (TPSA) is 32.3 Å². The van der Waals surface area contributed by atoms with Crippen molar-refractivity contribution in [3.63, 3.8) is 0 Å². The lowest BCUT2D eigenvalue weighted by molar-refractivity contribution is 0.0942. The van der Waals surface area contributed by atoms with E-state index in [1.165, 1.54) is 17.7 Å². The summed E-state index contributed by atoms with van der Waals surface area (Å²) in [5.74, 6) is -0.354. The zero-order valence-electron chi connectivity index (χ0n) is 14.1. The van der Waals surface area contributed by atoms with Gasteiger partial charge in [-0.15, -0.1) is 0 Å². The molecule has 1 atom stereocenters. The summed E-state index contributed by atoms with van der Waals surface area (Å²) in [6.07, 6.45) is 0. The monoisotopic (exact) mass is 314 g/mol. The fourth-order valence-corrected chi connectivity index (χ4v) is 2.46.